The van der Waals surface area contributed by atoms with Crippen LogP contribution in [0.3, 0.4) is 0 Å². The Kier molecular flexibility index (Phi) is 7.30. The number of amides is 1. The van der Waals surface area contributed by atoms with E-state index in [1.807, 2.05) is 31.2 Å². The van der Waals surface area contributed by atoms with E-state index in [0.717, 1.165) is 22.9 Å². The summed E-state index contributed by atoms with van der Waals surface area (Å²) in [6.07, 6.45) is 3.11. The second kappa shape index (κ2) is 8.74. The molecule has 0 aliphatic rings. The molecule has 0 aliphatic heterocycles. The van der Waals surface area contributed by atoms with Gasteiger partial charge in [-0.2, -0.15) is 0 Å². The minimum atomic E-state index is -0.963. The van der Waals surface area contributed by atoms with Crippen LogP contribution >= 0.6 is 15.9 Å². The molecule has 0 radical (unpaired) electrons. The van der Waals surface area contributed by atoms with Crippen molar-refractivity contribution in [1.82, 2.24) is 5.32 Å². The standard InChI is InChI=1S/C15H20BrNO3/c1-2-3-4-13(15(19)20)17-14(18)10-7-11-5-8-12(16)9-6-11/h5-6,8-9,13H,2-4,7,10H2,1H3,(H,17,18)(H,19,20)/t13-/m0/s1. The molecular weight excluding hydrogens is 322 g/mol. The van der Waals surface area contributed by atoms with Crippen LogP contribution < -0.4 is 5.32 Å². The molecule has 20 heavy (non-hydrogen) atoms. The van der Waals surface area contributed by atoms with Gasteiger partial charge in [0.1, 0.15) is 6.04 Å². The van der Waals surface area contributed by atoms with E-state index in [0.29, 0.717) is 19.3 Å². The lowest BCUT2D eigenvalue weighted by Gasteiger charge is -2.14. The van der Waals surface area contributed by atoms with Crippen molar-refractivity contribution in [3.8, 4) is 0 Å². The topological polar surface area (TPSA) is 66.4 Å². The van der Waals surface area contributed by atoms with Gasteiger partial charge in [-0.05, 0) is 30.5 Å². The molecule has 0 fully saturated rings. The highest BCUT2D eigenvalue weighted by molar-refractivity contribution is 9.10. The largest absolute Gasteiger partial charge is 0.480 e. The van der Waals surface area contributed by atoms with Crippen molar-refractivity contribution in [3.63, 3.8) is 0 Å². The zero-order valence-corrected chi connectivity index (χ0v) is 13.1. The van der Waals surface area contributed by atoms with E-state index in [9.17, 15) is 9.59 Å². The summed E-state index contributed by atoms with van der Waals surface area (Å²) in [6, 6.07) is 6.97. The molecule has 0 spiro atoms. The number of hydrogen-bond acceptors (Lipinski definition) is 2. The predicted octanol–water partition coefficient (Wildman–Crippen LogP) is 3.14. The second-order valence-corrected chi connectivity index (χ2v) is 5.64. The van der Waals surface area contributed by atoms with Crippen LogP contribution in [0.5, 0.6) is 0 Å². The van der Waals surface area contributed by atoms with Gasteiger partial charge in [-0.15, -0.1) is 0 Å². The Morgan fingerprint density at radius 1 is 1.30 bits per heavy atom. The van der Waals surface area contributed by atoms with E-state index >= 15 is 0 Å². The Bertz CT molecular complexity index is 445. The summed E-state index contributed by atoms with van der Waals surface area (Å²) in [5.74, 6) is -1.17. The summed E-state index contributed by atoms with van der Waals surface area (Å²) >= 11 is 3.35. The zero-order chi connectivity index (χ0) is 15.0. The average molecular weight is 342 g/mol. The van der Waals surface area contributed by atoms with Gasteiger partial charge in [0.05, 0.1) is 0 Å². The van der Waals surface area contributed by atoms with Gasteiger partial charge in [-0.1, -0.05) is 47.8 Å². The van der Waals surface area contributed by atoms with Crippen molar-refractivity contribution >= 4 is 27.8 Å². The van der Waals surface area contributed by atoms with E-state index in [2.05, 4.69) is 21.2 Å². The van der Waals surface area contributed by atoms with Crippen molar-refractivity contribution < 1.29 is 14.7 Å². The molecule has 5 heteroatoms. The Labute approximate surface area is 127 Å². The van der Waals surface area contributed by atoms with Gasteiger partial charge < -0.3 is 10.4 Å². The van der Waals surface area contributed by atoms with Crippen LogP contribution in [0, 0.1) is 0 Å². The van der Waals surface area contributed by atoms with Crippen molar-refractivity contribution in [2.45, 2.75) is 45.1 Å². The predicted molar refractivity (Wildman–Crippen MR) is 81.6 cm³/mol. The normalized spacial score (nSPS) is 11.9. The number of carboxylic acids is 1. The minimum absolute atomic E-state index is 0.212. The lowest BCUT2D eigenvalue weighted by atomic mass is 10.1. The smallest absolute Gasteiger partial charge is 0.326 e. The summed E-state index contributed by atoms with van der Waals surface area (Å²) in [4.78, 5) is 22.8. The Morgan fingerprint density at radius 2 is 1.95 bits per heavy atom. The van der Waals surface area contributed by atoms with E-state index in [-0.39, 0.29) is 5.91 Å². The molecule has 1 rings (SSSR count). The molecule has 1 aromatic carbocycles. The van der Waals surface area contributed by atoms with Crippen LogP contribution in [-0.4, -0.2) is 23.0 Å². The molecule has 0 heterocycles. The van der Waals surface area contributed by atoms with Gasteiger partial charge in [-0.25, -0.2) is 4.79 Å². The van der Waals surface area contributed by atoms with Gasteiger partial charge in [0.2, 0.25) is 5.91 Å². The summed E-state index contributed by atoms with van der Waals surface area (Å²) < 4.78 is 0.996. The van der Waals surface area contributed by atoms with Crippen LogP contribution in [0.2, 0.25) is 0 Å². The third kappa shape index (κ3) is 6.19. The monoisotopic (exact) mass is 341 g/mol. The van der Waals surface area contributed by atoms with Crippen LogP contribution in [0.25, 0.3) is 0 Å². The number of rotatable bonds is 8. The Hall–Kier alpha value is -1.36. The fourth-order valence-corrected chi connectivity index (χ4v) is 2.11. The maximum Gasteiger partial charge on any atom is 0.326 e. The zero-order valence-electron chi connectivity index (χ0n) is 11.6. The second-order valence-electron chi connectivity index (χ2n) is 4.73. The molecule has 0 bridgehead atoms. The van der Waals surface area contributed by atoms with Crippen LogP contribution in [0.1, 0.15) is 38.2 Å². The molecule has 0 aromatic heterocycles. The molecule has 0 aliphatic carbocycles. The first-order valence-electron chi connectivity index (χ1n) is 6.79. The van der Waals surface area contributed by atoms with Gasteiger partial charge in [0, 0.05) is 10.9 Å². The molecule has 0 saturated heterocycles. The maximum absolute atomic E-state index is 11.8. The van der Waals surface area contributed by atoms with Crippen molar-refractivity contribution in [2.24, 2.45) is 0 Å². The third-order valence-corrected chi connectivity index (χ3v) is 3.56. The number of hydrogen-bond donors (Lipinski definition) is 2. The van der Waals surface area contributed by atoms with Gasteiger partial charge in [0.25, 0.3) is 0 Å². The molecular formula is C15H20BrNO3. The first kappa shape index (κ1) is 16.7. The van der Waals surface area contributed by atoms with E-state index in [1.165, 1.54) is 0 Å². The lowest BCUT2D eigenvalue weighted by Crippen LogP contribution is -2.40. The highest BCUT2D eigenvalue weighted by Crippen LogP contribution is 2.12. The number of carbonyl (C=O) groups is 2. The number of nitrogens with one attached hydrogen (secondary N) is 1. The number of carboxylic acid groups (broad SMARTS) is 1. The number of aryl methyl sites for hydroxylation is 1. The third-order valence-electron chi connectivity index (χ3n) is 3.03. The molecule has 1 atom stereocenters. The van der Waals surface area contributed by atoms with Crippen LogP contribution in [0.15, 0.2) is 28.7 Å². The number of aliphatic carboxylic acids is 1. The van der Waals surface area contributed by atoms with E-state index in [4.69, 9.17) is 5.11 Å². The minimum Gasteiger partial charge on any atom is -0.480 e. The van der Waals surface area contributed by atoms with Crippen molar-refractivity contribution in [1.29, 1.82) is 0 Å². The van der Waals surface area contributed by atoms with Gasteiger partial charge >= 0.3 is 5.97 Å². The van der Waals surface area contributed by atoms with Gasteiger partial charge in [0.15, 0.2) is 0 Å². The van der Waals surface area contributed by atoms with Crippen molar-refractivity contribution in [2.75, 3.05) is 0 Å². The Morgan fingerprint density at radius 3 is 2.50 bits per heavy atom. The molecule has 0 saturated carbocycles. The number of halogens is 1. The highest BCUT2D eigenvalue weighted by Gasteiger charge is 2.18. The molecule has 1 aromatic rings. The fourth-order valence-electron chi connectivity index (χ4n) is 1.84. The molecule has 110 valence electrons. The fraction of sp³-hybridized carbons (Fsp3) is 0.467. The highest BCUT2D eigenvalue weighted by atomic mass is 79.9. The molecule has 4 nitrogen and oxygen atoms in total. The number of unbranched alkanes of at least 4 members (excludes halogenated alkanes) is 1. The van der Waals surface area contributed by atoms with Crippen LogP contribution in [0.4, 0.5) is 0 Å². The maximum atomic E-state index is 11.8. The SMILES string of the molecule is CCCC[C@H](NC(=O)CCc1ccc(Br)cc1)C(=O)O. The molecule has 0 unspecified atom stereocenters. The quantitative estimate of drug-likeness (QED) is 0.763. The summed E-state index contributed by atoms with van der Waals surface area (Å²) in [5, 5.41) is 11.6. The number of benzene rings is 1. The van der Waals surface area contributed by atoms with Crippen molar-refractivity contribution in [3.05, 3.63) is 34.3 Å². The molecule has 1 amide bonds. The van der Waals surface area contributed by atoms with Gasteiger partial charge in [-0.3, -0.25) is 4.79 Å². The van der Waals surface area contributed by atoms with E-state index < -0.39 is 12.0 Å². The summed E-state index contributed by atoms with van der Waals surface area (Å²) in [5.41, 5.74) is 1.06. The summed E-state index contributed by atoms with van der Waals surface area (Å²) in [6.45, 7) is 1.99. The van der Waals surface area contributed by atoms with Crippen LogP contribution in [-0.2, 0) is 16.0 Å². The first-order valence-corrected chi connectivity index (χ1v) is 7.59. The lowest BCUT2D eigenvalue weighted by molar-refractivity contribution is -0.142. The molecule has 2 N–H and O–H groups in total. The number of carbonyl (C=O) groups excluding carboxylic acids is 1. The van der Waals surface area contributed by atoms with E-state index in [1.54, 1.807) is 0 Å². The Balaban J connectivity index is 2.41. The average Bonchev–Trinajstić information content (AvgIpc) is 2.42. The first-order chi connectivity index (χ1) is 9.52. The summed E-state index contributed by atoms with van der Waals surface area (Å²) in [7, 11) is 0.